The summed E-state index contributed by atoms with van der Waals surface area (Å²) in [5.41, 5.74) is 4.61. The number of benzene rings is 1. The van der Waals surface area contributed by atoms with Gasteiger partial charge in [-0.25, -0.2) is 4.98 Å². The van der Waals surface area contributed by atoms with Crippen molar-refractivity contribution in [3.05, 3.63) is 65.6 Å². The molecule has 106 valence electrons. The summed E-state index contributed by atoms with van der Waals surface area (Å²) in [4.78, 5) is 16.6. The number of hydrogen-bond acceptors (Lipinski definition) is 2. The minimum absolute atomic E-state index is 0.0330. The molecule has 4 heteroatoms. The van der Waals surface area contributed by atoms with Gasteiger partial charge in [-0.1, -0.05) is 29.8 Å². The number of amides is 1. The maximum atomic E-state index is 12.2. The van der Waals surface area contributed by atoms with Gasteiger partial charge in [0.25, 0.3) is 0 Å². The second-order valence-corrected chi connectivity index (χ2v) is 5.25. The van der Waals surface area contributed by atoms with E-state index in [-0.39, 0.29) is 5.91 Å². The Morgan fingerprint density at radius 3 is 2.90 bits per heavy atom. The number of carbonyl (C=O) groups is 1. The molecule has 2 aromatic heterocycles. The molecular formula is C17H17N3O. The van der Waals surface area contributed by atoms with Gasteiger partial charge < -0.3 is 9.72 Å². The average molecular weight is 279 g/mol. The second-order valence-electron chi connectivity index (χ2n) is 5.25. The molecule has 0 saturated carbocycles. The summed E-state index contributed by atoms with van der Waals surface area (Å²) in [5, 5.41) is 2.94. The number of nitrogens with zero attached hydrogens (tertiary/aromatic N) is 2. The third-order valence-electron chi connectivity index (χ3n) is 3.32. The lowest BCUT2D eigenvalue weighted by molar-refractivity contribution is -0.115. The molecule has 0 bridgehead atoms. The standard InChI is InChI=1S/C17H17N3O/c1-12-5-3-6-14(9-12)10-16(21)19-15-7-4-8-20-11-13(2)18-17(15)20/h3-9,11H,10H2,1-2H3,(H,19,21). The van der Waals surface area contributed by atoms with Gasteiger partial charge in [0.2, 0.25) is 5.91 Å². The summed E-state index contributed by atoms with van der Waals surface area (Å²) in [7, 11) is 0. The summed E-state index contributed by atoms with van der Waals surface area (Å²) in [5.74, 6) is -0.0330. The molecule has 1 N–H and O–H groups in total. The highest BCUT2D eigenvalue weighted by molar-refractivity contribution is 5.95. The van der Waals surface area contributed by atoms with Gasteiger partial charge in [0, 0.05) is 12.4 Å². The Balaban J connectivity index is 1.80. The van der Waals surface area contributed by atoms with Crippen LogP contribution in [0, 0.1) is 13.8 Å². The zero-order chi connectivity index (χ0) is 14.8. The minimum Gasteiger partial charge on any atom is -0.323 e. The van der Waals surface area contributed by atoms with E-state index in [0.29, 0.717) is 6.42 Å². The van der Waals surface area contributed by atoms with Crippen LogP contribution < -0.4 is 5.32 Å². The highest BCUT2D eigenvalue weighted by Gasteiger charge is 2.09. The number of hydrogen-bond donors (Lipinski definition) is 1. The van der Waals surface area contributed by atoms with E-state index in [2.05, 4.69) is 10.3 Å². The van der Waals surface area contributed by atoms with Crippen molar-refractivity contribution in [1.82, 2.24) is 9.38 Å². The molecule has 0 spiro atoms. The topological polar surface area (TPSA) is 46.4 Å². The molecule has 1 aromatic carbocycles. The number of aromatic nitrogens is 2. The van der Waals surface area contributed by atoms with Crippen LogP contribution in [0.25, 0.3) is 5.65 Å². The molecular weight excluding hydrogens is 262 g/mol. The maximum Gasteiger partial charge on any atom is 0.228 e. The first-order valence-corrected chi connectivity index (χ1v) is 6.91. The number of nitrogens with one attached hydrogen (secondary N) is 1. The van der Waals surface area contributed by atoms with E-state index in [1.54, 1.807) is 0 Å². The van der Waals surface area contributed by atoms with Gasteiger partial charge in [0.05, 0.1) is 17.8 Å². The first-order valence-electron chi connectivity index (χ1n) is 6.91. The van der Waals surface area contributed by atoms with E-state index in [1.807, 2.05) is 67.0 Å². The molecule has 4 nitrogen and oxygen atoms in total. The van der Waals surface area contributed by atoms with E-state index in [0.717, 1.165) is 28.2 Å². The van der Waals surface area contributed by atoms with Gasteiger partial charge in [0.1, 0.15) is 0 Å². The third-order valence-corrected chi connectivity index (χ3v) is 3.32. The third kappa shape index (κ3) is 2.94. The van der Waals surface area contributed by atoms with Crippen molar-refractivity contribution in [3.63, 3.8) is 0 Å². The summed E-state index contributed by atoms with van der Waals surface area (Å²) >= 11 is 0. The van der Waals surface area contributed by atoms with Crippen LogP contribution in [0.1, 0.15) is 16.8 Å². The summed E-state index contributed by atoms with van der Waals surface area (Å²) in [6.45, 7) is 3.96. The van der Waals surface area contributed by atoms with Crippen LogP contribution in [0.15, 0.2) is 48.8 Å². The molecule has 2 heterocycles. The Morgan fingerprint density at radius 2 is 2.10 bits per heavy atom. The van der Waals surface area contributed by atoms with Crippen LogP contribution in [0.4, 0.5) is 5.69 Å². The lowest BCUT2D eigenvalue weighted by Gasteiger charge is -2.07. The zero-order valence-corrected chi connectivity index (χ0v) is 12.1. The van der Waals surface area contributed by atoms with Crippen LogP contribution in [0.5, 0.6) is 0 Å². The van der Waals surface area contributed by atoms with Crippen LogP contribution in [0.3, 0.4) is 0 Å². The van der Waals surface area contributed by atoms with E-state index in [9.17, 15) is 4.79 Å². The number of pyridine rings is 1. The Bertz CT molecular complexity index is 805. The van der Waals surface area contributed by atoms with Crippen molar-refractivity contribution >= 4 is 17.2 Å². The Labute approximate surface area is 123 Å². The van der Waals surface area contributed by atoms with Gasteiger partial charge in [0.15, 0.2) is 5.65 Å². The fourth-order valence-electron chi connectivity index (χ4n) is 2.44. The fraction of sp³-hybridized carbons (Fsp3) is 0.176. The lowest BCUT2D eigenvalue weighted by atomic mass is 10.1. The molecule has 0 atom stereocenters. The molecule has 0 radical (unpaired) electrons. The molecule has 0 aliphatic rings. The molecule has 0 unspecified atom stereocenters. The Morgan fingerprint density at radius 1 is 1.24 bits per heavy atom. The van der Waals surface area contributed by atoms with Gasteiger partial charge in [-0.3, -0.25) is 4.79 Å². The largest absolute Gasteiger partial charge is 0.323 e. The van der Waals surface area contributed by atoms with Gasteiger partial charge in [-0.15, -0.1) is 0 Å². The number of fused-ring (bicyclic) bond motifs is 1. The van der Waals surface area contributed by atoms with Crippen LogP contribution >= 0.6 is 0 Å². The molecule has 0 saturated heterocycles. The van der Waals surface area contributed by atoms with Crippen molar-refractivity contribution in [2.75, 3.05) is 5.32 Å². The molecule has 1 amide bonds. The predicted molar refractivity (Wildman–Crippen MR) is 83.4 cm³/mol. The molecule has 0 aliphatic carbocycles. The van der Waals surface area contributed by atoms with Gasteiger partial charge in [-0.05, 0) is 31.5 Å². The Kier molecular flexibility index (Phi) is 3.44. The van der Waals surface area contributed by atoms with Crippen molar-refractivity contribution in [2.45, 2.75) is 20.3 Å². The first kappa shape index (κ1) is 13.4. The molecule has 0 aliphatic heterocycles. The highest BCUT2D eigenvalue weighted by Crippen LogP contribution is 2.16. The average Bonchev–Trinajstić information content (AvgIpc) is 2.80. The van der Waals surface area contributed by atoms with Crippen molar-refractivity contribution < 1.29 is 4.79 Å². The SMILES string of the molecule is Cc1cccc(CC(=O)Nc2cccn3cc(C)nc23)c1. The van der Waals surface area contributed by atoms with Crippen molar-refractivity contribution in [2.24, 2.45) is 0 Å². The zero-order valence-electron chi connectivity index (χ0n) is 12.1. The minimum atomic E-state index is -0.0330. The maximum absolute atomic E-state index is 12.2. The number of carbonyl (C=O) groups excluding carboxylic acids is 1. The lowest BCUT2D eigenvalue weighted by Crippen LogP contribution is -2.15. The summed E-state index contributed by atoms with van der Waals surface area (Å²) < 4.78 is 1.91. The normalized spacial score (nSPS) is 10.8. The highest BCUT2D eigenvalue weighted by atomic mass is 16.1. The van der Waals surface area contributed by atoms with E-state index in [4.69, 9.17) is 0 Å². The predicted octanol–water partition coefficient (Wildman–Crippen LogP) is 3.13. The quantitative estimate of drug-likeness (QED) is 0.800. The molecule has 0 fully saturated rings. The van der Waals surface area contributed by atoms with Crippen molar-refractivity contribution in [3.8, 4) is 0 Å². The van der Waals surface area contributed by atoms with E-state index < -0.39 is 0 Å². The summed E-state index contributed by atoms with van der Waals surface area (Å²) in [6.07, 6.45) is 4.22. The van der Waals surface area contributed by atoms with E-state index >= 15 is 0 Å². The number of aryl methyl sites for hydroxylation is 2. The smallest absolute Gasteiger partial charge is 0.228 e. The fourth-order valence-corrected chi connectivity index (χ4v) is 2.44. The summed E-state index contributed by atoms with van der Waals surface area (Å²) in [6, 6.07) is 11.8. The Hall–Kier alpha value is -2.62. The number of anilines is 1. The van der Waals surface area contributed by atoms with Crippen LogP contribution in [0.2, 0.25) is 0 Å². The molecule has 21 heavy (non-hydrogen) atoms. The number of imidazole rings is 1. The van der Waals surface area contributed by atoms with Crippen molar-refractivity contribution in [1.29, 1.82) is 0 Å². The second kappa shape index (κ2) is 5.40. The van der Waals surface area contributed by atoms with Gasteiger partial charge >= 0.3 is 0 Å². The molecule has 3 rings (SSSR count). The van der Waals surface area contributed by atoms with Crippen LogP contribution in [-0.4, -0.2) is 15.3 Å². The van der Waals surface area contributed by atoms with Gasteiger partial charge in [-0.2, -0.15) is 0 Å². The molecule has 3 aromatic rings. The first-order chi connectivity index (χ1) is 10.1. The monoisotopic (exact) mass is 279 g/mol. The number of rotatable bonds is 3. The van der Waals surface area contributed by atoms with E-state index in [1.165, 1.54) is 0 Å². The van der Waals surface area contributed by atoms with Crippen LogP contribution in [-0.2, 0) is 11.2 Å².